The third-order valence-electron chi connectivity index (χ3n) is 7.49. The molecule has 11 heteroatoms. The Morgan fingerprint density at radius 1 is 0.795 bits per heavy atom. The quantitative estimate of drug-likeness (QED) is 0.372. The molecule has 3 aromatic heterocycles. The van der Waals surface area contributed by atoms with Crippen molar-refractivity contribution in [2.24, 2.45) is 0 Å². The number of nitrogens with two attached hydrogens (primary N) is 1. The Bertz CT molecular complexity index is 1540. The number of hydrogen-bond acceptors (Lipinski definition) is 9. The molecule has 1 aromatic carbocycles. The first kappa shape index (κ1) is 24.5. The van der Waals surface area contributed by atoms with E-state index < -0.39 is 11.4 Å². The molecule has 0 aliphatic carbocycles. The Balaban J connectivity index is 1.32. The Morgan fingerprint density at radius 2 is 1.36 bits per heavy atom. The molecule has 11 nitrogen and oxygen atoms in total. The number of piperazine rings is 2. The van der Waals surface area contributed by atoms with Crippen LogP contribution in [0.1, 0.15) is 10.4 Å². The number of nitrogens with zero attached hydrogens (tertiary/aromatic N) is 7. The largest absolute Gasteiger partial charge is 0.477 e. The van der Waals surface area contributed by atoms with E-state index in [4.69, 9.17) is 5.73 Å². The highest BCUT2D eigenvalue weighted by Crippen LogP contribution is 2.30. The molecule has 3 N–H and O–H groups in total. The maximum absolute atomic E-state index is 13.2. The fourth-order valence-electron chi connectivity index (χ4n) is 5.42. The van der Waals surface area contributed by atoms with Gasteiger partial charge in [-0.25, -0.2) is 14.8 Å². The zero-order chi connectivity index (χ0) is 26.9. The number of carbonyl (C=O) groups is 1. The first-order valence-electron chi connectivity index (χ1n) is 13.0. The van der Waals surface area contributed by atoms with Gasteiger partial charge in [0.25, 0.3) is 0 Å². The molecule has 6 rings (SSSR count). The van der Waals surface area contributed by atoms with E-state index in [1.165, 1.54) is 6.20 Å². The Labute approximate surface area is 225 Å². The number of pyridine rings is 3. The molecule has 2 fully saturated rings. The number of fused-ring (bicyclic) bond motifs is 1. The summed E-state index contributed by atoms with van der Waals surface area (Å²) in [5, 5.41) is 12.2. The zero-order valence-corrected chi connectivity index (χ0v) is 21.5. The van der Waals surface area contributed by atoms with Crippen LogP contribution in [0.25, 0.3) is 10.9 Å². The Morgan fingerprint density at radius 3 is 1.90 bits per heavy atom. The number of hydrogen-bond donors (Lipinski definition) is 2. The van der Waals surface area contributed by atoms with E-state index in [1.54, 1.807) is 18.5 Å². The summed E-state index contributed by atoms with van der Waals surface area (Å²) in [5.74, 6) is 0.604. The smallest absolute Gasteiger partial charge is 0.341 e. The minimum atomic E-state index is -1.25. The predicted octanol–water partition coefficient (Wildman–Crippen LogP) is 1.86. The number of aromatic nitrogens is 3. The summed E-state index contributed by atoms with van der Waals surface area (Å²) in [4.78, 5) is 40.7. The van der Waals surface area contributed by atoms with Gasteiger partial charge in [0.15, 0.2) is 0 Å². The molecule has 2 saturated heterocycles. The van der Waals surface area contributed by atoms with Crippen LogP contribution < -0.4 is 30.9 Å². The summed E-state index contributed by atoms with van der Waals surface area (Å²) in [6.07, 6.45) is 5.02. The van der Waals surface area contributed by atoms with Crippen molar-refractivity contribution in [3.63, 3.8) is 0 Å². The maximum Gasteiger partial charge on any atom is 0.341 e. The van der Waals surface area contributed by atoms with Crippen LogP contribution in [0.5, 0.6) is 0 Å². The van der Waals surface area contributed by atoms with Crippen LogP contribution >= 0.6 is 0 Å². The molecule has 200 valence electrons. The molecule has 0 atom stereocenters. The van der Waals surface area contributed by atoms with Gasteiger partial charge in [0.1, 0.15) is 17.2 Å². The second-order valence-electron chi connectivity index (χ2n) is 9.74. The molecular formula is C28H30N8O3. The molecule has 0 saturated carbocycles. The number of nitrogen functional groups attached to an aromatic ring is 1. The normalized spacial score (nSPS) is 16.1. The van der Waals surface area contributed by atoms with Gasteiger partial charge in [-0.2, -0.15) is 0 Å². The lowest BCUT2D eigenvalue weighted by Crippen LogP contribution is -2.52. The van der Waals surface area contributed by atoms with Crippen molar-refractivity contribution in [1.82, 2.24) is 14.6 Å². The topological polar surface area (TPSA) is 124 Å². The van der Waals surface area contributed by atoms with Gasteiger partial charge < -0.3 is 30.5 Å². The van der Waals surface area contributed by atoms with Gasteiger partial charge in [0.2, 0.25) is 5.43 Å². The van der Waals surface area contributed by atoms with E-state index in [9.17, 15) is 14.7 Å². The average molecular weight is 527 g/mol. The monoisotopic (exact) mass is 526 g/mol. The van der Waals surface area contributed by atoms with Gasteiger partial charge in [-0.1, -0.05) is 12.1 Å². The highest BCUT2D eigenvalue weighted by atomic mass is 16.4. The molecule has 0 amide bonds. The molecular weight excluding hydrogens is 496 g/mol. The minimum Gasteiger partial charge on any atom is -0.477 e. The molecule has 0 bridgehead atoms. The van der Waals surface area contributed by atoms with Crippen LogP contribution in [-0.2, 0) is 0 Å². The highest BCUT2D eigenvalue weighted by molar-refractivity contribution is 5.96. The van der Waals surface area contributed by atoms with Crippen LogP contribution in [0.15, 0.2) is 71.9 Å². The second kappa shape index (κ2) is 10.2. The number of anilines is 4. The molecule has 4 aromatic rings. The van der Waals surface area contributed by atoms with E-state index in [0.717, 1.165) is 43.5 Å². The number of carboxylic acid groups (broad SMARTS) is 1. The summed E-state index contributed by atoms with van der Waals surface area (Å²) in [6, 6.07) is 15.3. The molecule has 0 radical (unpaired) electrons. The highest BCUT2D eigenvalue weighted by Gasteiger charge is 2.25. The molecule has 0 spiro atoms. The van der Waals surface area contributed by atoms with Gasteiger partial charge in [-0.15, -0.1) is 0 Å². The SMILES string of the molecule is Nc1cc2c(=O)c(C(=O)O)cn(N3CCN(c4ccccn4)CC3)c2cc1N1CCN(c2ccccn2)CC1. The van der Waals surface area contributed by atoms with Crippen molar-refractivity contribution < 1.29 is 9.90 Å². The summed E-state index contributed by atoms with van der Waals surface area (Å²) >= 11 is 0. The van der Waals surface area contributed by atoms with Gasteiger partial charge in [-0.3, -0.25) is 9.47 Å². The Hall–Kier alpha value is -4.80. The number of rotatable bonds is 5. The van der Waals surface area contributed by atoms with Crippen molar-refractivity contribution >= 4 is 39.9 Å². The summed E-state index contributed by atoms with van der Waals surface area (Å²) < 4.78 is 1.82. The van der Waals surface area contributed by atoms with Gasteiger partial charge in [0.05, 0.1) is 35.4 Å². The second-order valence-corrected chi connectivity index (χ2v) is 9.74. The summed E-state index contributed by atoms with van der Waals surface area (Å²) in [6.45, 7) is 5.75. The fraction of sp³-hybridized carbons (Fsp3) is 0.286. The average Bonchev–Trinajstić information content (AvgIpc) is 2.98. The summed E-state index contributed by atoms with van der Waals surface area (Å²) in [5.41, 5.74) is 7.62. The number of benzene rings is 1. The van der Waals surface area contributed by atoms with E-state index in [0.29, 0.717) is 42.8 Å². The minimum absolute atomic E-state index is 0.272. The van der Waals surface area contributed by atoms with Gasteiger partial charge in [-0.05, 0) is 36.4 Å². The lowest BCUT2D eigenvalue weighted by molar-refractivity contribution is 0.0694. The van der Waals surface area contributed by atoms with Crippen molar-refractivity contribution in [2.45, 2.75) is 0 Å². The Kier molecular flexibility index (Phi) is 6.39. The van der Waals surface area contributed by atoms with Crippen molar-refractivity contribution in [3.05, 3.63) is 82.9 Å². The molecule has 2 aliphatic rings. The third kappa shape index (κ3) is 4.67. The number of aromatic carboxylic acids is 1. The third-order valence-corrected chi connectivity index (χ3v) is 7.49. The maximum atomic E-state index is 13.2. The standard InChI is InChI=1S/C28H30N8O3/c29-22-17-20-23(18-24(22)32-9-11-33(12-10-32)25-5-1-3-7-30-25)36(19-21(27(20)37)28(38)39)35-15-13-34(14-16-35)26-6-2-4-8-31-26/h1-8,17-19H,9-16,29H2,(H,38,39). The van der Waals surface area contributed by atoms with Crippen LogP contribution in [0.4, 0.5) is 23.0 Å². The van der Waals surface area contributed by atoms with Crippen LogP contribution in [0.3, 0.4) is 0 Å². The first-order chi connectivity index (χ1) is 19.0. The van der Waals surface area contributed by atoms with E-state index in [2.05, 4.69) is 29.7 Å². The summed E-state index contributed by atoms with van der Waals surface area (Å²) in [7, 11) is 0. The van der Waals surface area contributed by atoms with Gasteiger partial charge >= 0.3 is 5.97 Å². The van der Waals surface area contributed by atoms with Crippen molar-refractivity contribution in [1.29, 1.82) is 0 Å². The molecule has 5 heterocycles. The van der Waals surface area contributed by atoms with Gasteiger partial charge in [0, 0.05) is 57.9 Å². The van der Waals surface area contributed by atoms with E-state index in [1.807, 2.05) is 47.1 Å². The van der Waals surface area contributed by atoms with Crippen LogP contribution in [0.2, 0.25) is 0 Å². The van der Waals surface area contributed by atoms with Crippen molar-refractivity contribution in [2.75, 3.05) is 77.8 Å². The van der Waals surface area contributed by atoms with Crippen LogP contribution in [-0.4, -0.2) is 78.1 Å². The van der Waals surface area contributed by atoms with Crippen LogP contribution in [0, 0.1) is 0 Å². The van der Waals surface area contributed by atoms with Crippen molar-refractivity contribution in [3.8, 4) is 0 Å². The molecule has 0 unspecified atom stereocenters. The molecule has 2 aliphatic heterocycles. The van der Waals surface area contributed by atoms with E-state index >= 15 is 0 Å². The zero-order valence-electron chi connectivity index (χ0n) is 21.5. The fourth-order valence-corrected chi connectivity index (χ4v) is 5.42. The van der Waals surface area contributed by atoms with E-state index in [-0.39, 0.29) is 5.56 Å². The first-order valence-corrected chi connectivity index (χ1v) is 13.0. The predicted molar refractivity (Wildman–Crippen MR) is 153 cm³/mol. The lowest BCUT2D eigenvalue weighted by atomic mass is 10.1. The molecule has 39 heavy (non-hydrogen) atoms. The lowest BCUT2D eigenvalue weighted by Gasteiger charge is -2.39. The number of carboxylic acids is 1.